The molecule has 0 radical (unpaired) electrons. The van der Waals surface area contributed by atoms with E-state index in [4.69, 9.17) is 4.74 Å². The molecule has 0 aliphatic carbocycles. The summed E-state index contributed by atoms with van der Waals surface area (Å²) < 4.78 is 4.99. The highest BCUT2D eigenvalue weighted by molar-refractivity contribution is 9.10. The van der Waals surface area contributed by atoms with Crippen molar-refractivity contribution in [2.75, 3.05) is 20.3 Å². The average molecular weight is 236 g/mol. The van der Waals surface area contributed by atoms with Crippen LogP contribution in [0.2, 0.25) is 0 Å². The van der Waals surface area contributed by atoms with E-state index in [0.29, 0.717) is 6.61 Å². The molecule has 1 aliphatic heterocycles. The van der Waals surface area contributed by atoms with Crippen molar-refractivity contribution >= 4 is 21.8 Å². The number of likely N-dealkylation sites (tertiary alicyclic amines) is 1. The molecule has 1 aliphatic rings. The minimum atomic E-state index is 0.0248. The number of ether oxygens (including phenoxy) is 1. The van der Waals surface area contributed by atoms with Crippen LogP contribution in [0.5, 0.6) is 0 Å². The van der Waals surface area contributed by atoms with Gasteiger partial charge in [-0.15, -0.1) is 0 Å². The molecule has 1 amide bonds. The first-order valence-electron chi connectivity index (χ1n) is 4.10. The molecule has 70 valence electrons. The lowest BCUT2D eigenvalue weighted by Gasteiger charge is -2.23. The Hall–Kier alpha value is -0.0900. The largest absolute Gasteiger partial charge is 0.383 e. The molecule has 1 rings (SSSR count). The van der Waals surface area contributed by atoms with Crippen molar-refractivity contribution in [1.82, 2.24) is 4.90 Å². The third-order valence-electron chi connectivity index (χ3n) is 2.11. The Morgan fingerprint density at radius 3 is 2.92 bits per heavy atom. The number of alkyl halides is 1. The number of hydrogen-bond acceptors (Lipinski definition) is 2. The van der Waals surface area contributed by atoms with E-state index in [-0.39, 0.29) is 16.8 Å². The fourth-order valence-electron chi connectivity index (χ4n) is 1.43. The first-order valence-corrected chi connectivity index (χ1v) is 5.02. The lowest BCUT2D eigenvalue weighted by molar-refractivity contribution is -0.129. The molecule has 2 unspecified atom stereocenters. The van der Waals surface area contributed by atoms with Crippen molar-refractivity contribution in [1.29, 1.82) is 0 Å². The topological polar surface area (TPSA) is 29.5 Å². The second-order valence-electron chi connectivity index (χ2n) is 3.09. The Bertz CT molecular complexity index is 174. The third-order valence-corrected chi connectivity index (χ3v) is 2.96. The van der Waals surface area contributed by atoms with Crippen LogP contribution in [0.1, 0.15) is 13.3 Å². The molecule has 1 heterocycles. The number of nitrogens with zero attached hydrogens (tertiary/aromatic N) is 1. The SMILES string of the molecule is COCC(C)N1CCC(Br)C1=O. The summed E-state index contributed by atoms with van der Waals surface area (Å²) in [6, 6.07) is 0.199. The van der Waals surface area contributed by atoms with Gasteiger partial charge in [0.15, 0.2) is 0 Å². The molecular weight excluding hydrogens is 222 g/mol. The zero-order chi connectivity index (χ0) is 9.14. The van der Waals surface area contributed by atoms with E-state index in [9.17, 15) is 4.79 Å². The highest BCUT2D eigenvalue weighted by Gasteiger charge is 2.32. The molecule has 0 bridgehead atoms. The molecule has 0 N–H and O–H groups in total. The molecule has 3 nitrogen and oxygen atoms in total. The van der Waals surface area contributed by atoms with Gasteiger partial charge in [0.25, 0.3) is 0 Å². The van der Waals surface area contributed by atoms with Crippen molar-refractivity contribution < 1.29 is 9.53 Å². The van der Waals surface area contributed by atoms with Gasteiger partial charge in [-0.2, -0.15) is 0 Å². The molecule has 0 aromatic heterocycles. The Morgan fingerprint density at radius 1 is 1.83 bits per heavy atom. The summed E-state index contributed by atoms with van der Waals surface area (Å²) >= 11 is 3.33. The molecule has 0 aromatic carbocycles. The van der Waals surface area contributed by atoms with Crippen molar-refractivity contribution in [3.05, 3.63) is 0 Å². The zero-order valence-electron chi connectivity index (χ0n) is 7.42. The van der Waals surface area contributed by atoms with E-state index in [0.717, 1.165) is 13.0 Å². The Kier molecular flexibility index (Phi) is 3.53. The third kappa shape index (κ3) is 1.98. The number of carbonyl (C=O) groups excluding carboxylic acids is 1. The summed E-state index contributed by atoms with van der Waals surface area (Å²) in [6.45, 7) is 3.47. The van der Waals surface area contributed by atoms with Crippen LogP contribution in [-0.4, -0.2) is 41.9 Å². The zero-order valence-corrected chi connectivity index (χ0v) is 9.00. The lowest BCUT2D eigenvalue weighted by atomic mass is 10.3. The van der Waals surface area contributed by atoms with Crippen LogP contribution in [0.25, 0.3) is 0 Å². The molecule has 0 saturated carbocycles. The van der Waals surface area contributed by atoms with E-state index < -0.39 is 0 Å². The molecule has 0 spiro atoms. The van der Waals surface area contributed by atoms with Crippen LogP contribution in [0.15, 0.2) is 0 Å². The van der Waals surface area contributed by atoms with Gasteiger partial charge in [0.1, 0.15) is 0 Å². The number of carbonyl (C=O) groups is 1. The van der Waals surface area contributed by atoms with Crippen LogP contribution >= 0.6 is 15.9 Å². The minimum Gasteiger partial charge on any atom is -0.383 e. The number of rotatable bonds is 3. The molecule has 4 heteroatoms. The Balaban J connectivity index is 2.47. The maximum absolute atomic E-state index is 11.4. The van der Waals surface area contributed by atoms with Gasteiger partial charge < -0.3 is 9.64 Å². The van der Waals surface area contributed by atoms with Gasteiger partial charge in [-0.25, -0.2) is 0 Å². The Morgan fingerprint density at radius 2 is 2.50 bits per heavy atom. The van der Waals surface area contributed by atoms with Gasteiger partial charge in [-0.05, 0) is 13.3 Å². The predicted molar refractivity (Wildman–Crippen MR) is 50.4 cm³/mol. The fraction of sp³-hybridized carbons (Fsp3) is 0.875. The maximum atomic E-state index is 11.4. The van der Waals surface area contributed by atoms with Gasteiger partial charge in [0, 0.05) is 13.7 Å². The van der Waals surface area contributed by atoms with E-state index >= 15 is 0 Å². The summed E-state index contributed by atoms with van der Waals surface area (Å²) in [7, 11) is 1.66. The summed E-state index contributed by atoms with van der Waals surface area (Å²) in [5.74, 6) is 0.194. The van der Waals surface area contributed by atoms with Crippen LogP contribution in [-0.2, 0) is 9.53 Å². The van der Waals surface area contributed by atoms with Crippen molar-refractivity contribution in [3.63, 3.8) is 0 Å². The monoisotopic (exact) mass is 235 g/mol. The highest BCUT2D eigenvalue weighted by Crippen LogP contribution is 2.20. The quantitative estimate of drug-likeness (QED) is 0.684. The second-order valence-corrected chi connectivity index (χ2v) is 4.20. The summed E-state index contributed by atoms with van der Waals surface area (Å²) in [5, 5.41) is 0. The van der Waals surface area contributed by atoms with Gasteiger partial charge in [-0.1, -0.05) is 15.9 Å². The number of methoxy groups -OCH3 is 1. The van der Waals surface area contributed by atoms with E-state index in [1.165, 1.54) is 0 Å². The summed E-state index contributed by atoms with van der Waals surface area (Å²) in [4.78, 5) is 13.3. The van der Waals surface area contributed by atoms with Crippen LogP contribution in [0.4, 0.5) is 0 Å². The molecule has 2 atom stereocenters. The average Bonchev–Trinajstić information content (AvgIpc) is 2.34. The van der Waals surface area contributed by atoms with E-state index in [2.05, 4.69) is 15.9 Å². The van der Waals surface area contributed by atoms with Crippen molar-refractivity contribution in [2.45, 2.75) is 24.2 Å². The predicted octanol–water partition coefficient (Wildman–Crippen LogP) is 1.02. The van der Waals surface area contributed by atoms with Gasteiger partial charge in [-0.3, -0.25) is 4.79 Å². The smallest absolute Gasteiger partial charge is 0.236 e. The van der Waals surface area contributed by atoms with Crippen molar-refractivity contribution in [3.8, 4) is 0 Å². The van der Waals surface area contributed by atoms with E-state index in [1.54, 1.807) is 7.11 Å². The molecule has 0 aromatic rings. The first kappa shape index (κ1) is 9.99. The minimum absolute atomic E-state index is 0.0248. The summed E-state index contributed by atoms with van der Waals surface area (Å²) in [5.41, 5.74) is 0. The van der Waals surface area contributed by atoms with E-state index in [1.807, 2.05) is 11.8 Å². The number of halogens is 1. The molecule has 1 saturated heterocycles. The van der Waals surface area contributed by atoms with Crippen LogP contribution < -0.4 is 0 Å². The van der Waals surface area contributed by atoms with Gasteiger partial charge in [0.05, 0.1) is 17.5 Å². The summed E-state index contributed by atoms with van der Waals surface area (Å²) in [6.07, 6.45) is 0.910. The molecular formula is C8H14BrNO2. The molecule has 1 fully saturated rings. The number of amides is 1. The van der Waals surface area contributed by atoms with Gasteiger partial charge in [0.2, 0.25) is 5.91 Å². The second kappa shape index (κ2) is 4.23. The number of hydrogen-bond donors (Lipinski definition) is 0. The molecule has 12 heavy (non-hydrogen) atoms. The Labute approximate surface area is 81.2 Å². The highest BCUT2D eigenvalue weighted by atomic mass is 79.9. The van der Waals surface area contributed by atoms with Crippen LogP contribution in [0.3, 0.4) is 0 Å². The van der Waals surface area contributed by atoms with Gasteiger partial charge >= 0.3 is 0 Å². The van der Waals surface area contributed by atoms with Crippen molar-refractivity contribution in [2.24, 2.45) is 0 Å². The first-order chi connectivity index (χ1) is 5.66. The normalized spacial score (nSPS) is 26.4. The maximum Gasteiger partial charge on any atom is 0.236 e. The lowest BCUT2D eigenvalue weighted by Crippen LogP contribution is -2.38. The van der Waals surface area contributed by atoms with Crippen LogP contribution in [0, 0.1) is 0 Å². The fourth-order valence-corrected chi connectivity index (χ4v) is 1.90. The standard InChI is InChI=1S/C8H14BrNO2/c1-6(5-12-2)10-4-3-7(9)8(10)11/h6-7H,3-5H2,1-2H3.